The molecule has 3 aromatic rings. The number of nitrogens with one attached hydrogen (secondary N) is 3. The van der Waals surface area contributed by atoms with Crippen molar-refractivity contribution in [3.63, 3.8) is 0 Å². The lowest BCUT2D eigenvalue weighted by Crippen LogP contribution is -2.34. The number of aromatic nitrogens is 4. The van der Waals surface area contributed by atoms with Gasteiger partial charge in [0.1, 0.15) is 9.23 Å². The predicted octanol–water partition coefficient (Wildman–Crippen LogP) is 3.27. The Bertz CT molecular complexity index is 1170. The van der Waals surface area contributed by atoms with Crippen LogP contribution in [0.25, 0.3) is 10.7 Å². The van der Waals surface area contributed by atoms with Crippen molar-refractivity contribution < 1.29 is 13.2 Å². The molecule has 4 heterocycles. The van der Waals surface area contributed by atoms with Gasteiger partial charge in [0.2, 0.25) is 10.0 Å². The summed E-state index contributed by atoms with van der Waals surface area (Å²) in [6.07, 6.45) is 4.50. The summed E-state index contributed by atoms with van der Waals surface area (Å²) in [6.45, 7) is 0.956. The lowest BCUT2D eigenvalue weighted by molar-refractivity contribution is 0.192. The van der Waals surface area contributed by atoms with Gasteiger partial charge in [0.15, 0.2) is 17.5 Å². The van der Waals surface area contributed by atoms with Gasteiger partial charge in [-0.1, -0.05) is 11.6 Å². The van der Waals surface area contributed by atoms with Gasteiger partial charge in [0, 0.05) is 30.3 Å². The molecule has 0 spiro atoms. The standard InChI is InChI=1S/C18H19ClN6O3S2/c19-12-8-20-18(22-17(12)21-15-7-13(23-24-15)10-1-2-10)14-3-4-16(29-14)30(26,27)25-11-5-6-28-9-11/h3-4,7-8,10-11,25H,1-2,5-6,9H2,(H2,20,21,22,23,24). The Morgan fingerprint density at radius 2 is 2.13 bits per heavy atom. The third kappa shape index (κ3) is 4.21. The summed E-state index contributed by atoms with van der Waals surface area (Å²) in [6, 6.07) is 5.00. The van der Waals surface area contributed by atoms with Gasteiger partial charge >= 0.3 is 0 Å². The van der Waals surface area contributed by atoms with Crippen LogP contribution in [0.5, 0.6) is 0 Å². The number of nitrogens with zero attached hydrogens (tertiary/aromatic N) is 3. The summed E-state index contributed by atoms with van der Waals surface area (Å²) < 4.78 is 33.3. The molecule has 0 bridgehead atoms. The van der Waals surface area contributed by atoms with Crippen LogP contribution < -0.4 is 10.0 Å². The van der Waals surface area contributed by atoms with E-state index in [0.29, 0.717) is 52.9 Å². The fourth-order valence-electron chi connectivity index (χ4n) is 3.19. The van der Waals surface area contributed by atoms with Crippen LogP contribution in [0, 0.1) is 0 Å². The first kappa shape index (κ1) is 19.9. The Balaban J connectivity index is 1.36. The molecular formula is C18H19ClN6O3S2. The van der Waals surface area contributed by atoms with Crippen LogP contribution in [0.3, 0.4) is 0 Å². The van der Waals surface area contributed by atoms with Gasteiger partial charge in [-0.3, -0.25) is 5.10 Å². The fourth-order valence-corrected chi connectivity index (χ4v) is 5.85. The van der Waals surface area contributed by atoms with E-state index in [0.717, 1.165) is 17.0 Å². The van der Waals surface area contributed by atoms with Gasteiger partial charge in [-0.05, 0) is 31.4 Å². The maximum atomic E-state index is 12.6. The molecule has 0 radical (unpaired) electrons. The molecule has 0 aromatic carbocycles. The van der Waals surface area contributed by atoms with Crippen molar-refractivity contribution in [1.82, 2.24) is 24.9 Å². The van der Waals surface area contributed by atoms with Gasteiger partial charge in [-0.25, -0.2) is 23.1 Å². The molecule has 1 aliphatic heterocycles. The lowest BCUT2D eigenvalue weighted by atomic mass is 10.3. The topological polar surface area (TPSA) is 122 Å². The minimum atomic E-state index is -3.62. The van der Waals surface area contributed by atoms with E-state index in [1.807, 2.05) is 6.07 Å². The molecule has 2 fully saturated rings. The number of ether oxygens (including phenoxy) is 1. The molecule has 12 heteroatoms. The molecule has 1 unspecified atom stereocenters. The van der Waals surface area contributed by atoms with Crippen molar-refractivity contribution in [2.45, 2.75) is 35.4 Å². The Kier molecular flexibility index (Phi) is 5.23. The molecule has 3 aromatic heterocycles. The quantitative estimate of drug-likeness (QED) is 0.488. The van der Waals surface area contributed by atoms with Crippen molar-refractivity contribution in [2.75, 3.05) is 18.5 Å². The number of rotatable bonds is 7. The molecule has 1 aliphatic carbocycles. The molecule has 30 heavy (non-hydrogen) atoms. The normalized spacial score (nSPS) is 19.3. The highest BCUT2D eigenvalue weighted by Gasteiger charge is 2.26. The predicted molar refractivity (Wildman–Crippen MR) is 114 cm³/mol. The Morgan fingerprint density at radius 3 is 2.90 bits per heavy atom. The molecule has 9 nitrogen and oxygen atoms in total. The van der Waals surface area contributed by atoms with Gasteiger partial charge in [0.25, 0.3) is 0 Å². The summed E-state index contributed by atoms with van der Waals surface area (Å²) in [5.74, 6) is 1.98. The van der Waals surface area contributed by atoms with E-state index >= 15 is 0 Å². The van der Waals surface area contributed by atoms with E-state index in [1.165, 1.54) is 19.0 Å². The van der Waals surface area contributed by atoms with Crippen molar-refractivity contribution in [3.05, 3.63) is 35.1 Å². The third-order valence-electron chi connectivity index (χ3n) is 4.92. The number of aromatic amines is 1. The molecule has 0 amide bonds. The van der Waals surface area contributed by atoms with Crippen LogP contribution in [-0.2, 0) is 14.8 Å². The second-order valence-corrected chi connectivity index (χ2v) is 10.7. The van der Waals surface area contributed by atoms with Crippen LogP contribution in [-0.4, -0.2) is 47.8 Å². The zero-order valence-electron chi connectivity index (χ0n) is 15.8. The highest BCUT2D eigenvalue weighted by atomic mass is 35.5. The average Bonchev–Trinajstić information content (AvgIpc) is 3.13. The number of hydrogen-bond acceptors (Lipinski definition) is 8. The maximum absolute atomic E-state index is 12.6. The van der Waals surface area contributed by atoms with Gasteiger partial charge in [-0.15, -0.1) is 11.3 Å². The molecule has 3 N–H and O–H groups in total. The molecule has 158 valence electrons. The first-order valence-electron chi connectivity index (χ1n) is 9.53. The monoisotopic (exact) mass is 466 g/mol. The van der Waals surface area contributed by atoms with Crippen molar-refractivity contribution in [2.24, 2.45) is 0 Å². The van der Waals surface area contributed by atoms with E-state index in [-0.39, 0.29) is 10.3 Å². The summed E-state index contributed by atoms with van der Waals surface area (Å²) in [4.78, 5) is 9.35. The van der Waals surface area contributed by atoms with E-state index < -0.39 is 10.0 Å². The number of hydrogen-bond donors (Lipinski definition) is 3. The van der Waals surface area contributed by atoms with Crippen molar-refractivity contribution in [3.8, 4) is 10.7 Å². The number of H-pyrrole nitrogens is 1. The number of halogens is 1. The third-order valence-corrected chi connectivity index (χ3v) is 8.29. The van der Waals surface area contributed by atoms with E-state index in [4.69, 9.17) is 16.3 Å². The Labute approximate surface area is 182 Å². The van der Waals surface area contributed by atoms with Crippen LogP contribution in [0.2, 0.25) is 5.02 Å². The average molecular weight is 467 g/mol. The molecule has 1 saturated carbocycles. The van der Waals surface area contributed by atoms with Crippen molar-refractivity contribution >= 4 is 44.6 Å². The smallest absolute Gasteiger partial charge is 0.250 e. The lowest BCUT2D eigenvalue weighted by Gasteiger charge is -2.09. The number of anilines is 2. The first-order chi connectivity index (χ1) is 14.5. The van der Waals surface area contributed by atoms with Crippen LogP contribution >= 0.6 is 22.9 Å². The largest absolute Gasteiger partial charge is 0.380 e. The minimum Gasteiger partial charge on any atom is -0.380 e. The minimum absolute atomic E-state index is 0.197. The summed E-state index contributed by atoms with van der Waals surface area (Å²) in [5, 5.41) is 10.7. The SMILES string of the molecule is O=S(=O)(NC1CCOC1)c1ccc(-c2ncc(Cl)c(Nc3cc(C4CC4)[nH]n3)n2)s1. The number of sulfonamides is 1. The molecule has 1 atom stereocenters. The number of thiophene rings is 1. The zero-order chi connectivity index (χ0) is 20.7. The second kappa shape index (κ2) is 7.89. The summed E-state index contributed by atoms with van der Waals surface area (Å²) >= 11 is 7.35. The van der Waals surface area contributed by atoms with Gasteiger partial charge in [0.05, 0.1) is 17.7 Å². The van der Waals surface area contributed by atoms with E-state index in [9.17, 15) is 8.42 Å². The highest BCUT2D eigenvalue weighted by Crippen LogP contribution is 2.40. The Morgan fingerprint density at radius 1 is 1.27 bits per heavy atom. The molecule has 1 saturated heterocycles. The van der Waals surface area contributed by atoms with E-state index in [2.05, 4.69) is 30.2 Å². The molecule has 5 rings (SSSR count). The Hall–Kier alpha value is -2.05. The van der Waals surface area contributed by atoms with Crippen LogP contribution in [0.15, 0.2) is 28.6 Å². The van der Waals surface area contributed by atoms with Gasteiger partial charge in [-0.2, -0.15) is 5.10 Å². The van der Waals surface area contributed by atoms with Crippen LogP contribution in [0.1, 0.15) is 30.9 Å². The zero-order valence-corrected chi connectivity index (χ0v) is 18.1. The van der Waals surface area contributed by atoms with E-state index in [1.54, 1.807) is 12.1 Å². The summed E-state index contributed by atoms with van der Waals surface area (Å²) in [5.41, 5.74) is 1.09. The van der Waals surface area contributed by atoms with Crippen molar-refractivity contribution in [1.29, 1.82) is 0 Å². The van der Waals surface area contributed by atoms with Gasteiger partial charge < -0.3 is 10.1 Å². The first-order valence-corrected chi connectivity index (χ1v) is 12.2. The highest BCUT2D eigenvalue weighted by molar-refractivity contribution is 7.91. The second-order valence-electron chi connectivity index (χ2n) is 7.30. The maximum Gasteiger partial charge on any atom is 0.250 e. The summed E-state index contributed by atoms with van der Waals surface area (Å²) in [7, 11) is -3.62. The van der Waals surface area contributed by atoms with Crippen LogP contribution in [0.4, 0.5) is 11.6 Å². The molecular weight excluding hydrogens is 448 g/mol. The fraction of sp³-hybridized carbons (Fsp3) is 0.389. The molecule has 2 aliphatic rings.